The van der Waals surface area contributed by atoms with Crippen LogP contribution in [0.4, 0.5) is 10.2 Å². The third-order valence-corrected chi connectivity index (χ3v) is 7.55. The Balaban J connectivity index is 1.76. The average molecular weight is 418 g/mol. The first-order chi connectivity index (χ1) is 13.7. The fourth-order valence-corrected chi connectivity index (χ4v) is 5.87. The van der Waals surface area contributed by atoms with Crippen LogP contribution >= 0.6 is 0 Å². The van der Waals surface area contributed by atoms with Gasteiger partial charge in [-0.1, -0.05) is 12.1 Å². The Morgan fingerprint density at radius 1 is 1.28 bits per heavy atom. The quantitative estimate of drug-likeness (QED) is 0.603. The summed E-state index contributed by atoms with van der Waals surface area (Å²) in [6.07, 6.45) is -1.25. The number of aliphatic hydroxyl groups is 1. The zero-order chi connectivity index (χ0) is 20.9. The molecule has 0 saturated carbocycles. The summed E-state index contributed by atoms with van der Waals surface area (Å²) in [6.45, 7) is 3.15. The Morgan fingerprint density at radius 3 is 2.69 bits per heavy atom. The van der Waals surface area contributed by atoms with Crippen molar-refractivity contribution in [3.63, 3.8) is 0 Å². The second-order valence-electron chi connectivity index (χ2n) is 7.49. The minimum absolute atomic E-state index is 0.0120. The van der Waals surface area contributed by atoms with Crippen molar-refractivity contribution in [3.05, 3.63) is 41.5 Å². The van der Waals surface area contributed by atoms with Crippen LogP contribution in [0, 0.1) is 13.8 Å². The monoisotopic (exact) mass is 418 g/mol. The Kier molecular flexibility index (Phi) is 4.84. The number of anilines is 1. The van der Waals surface area contributed by atoms with Crippen LogP contribution in [0.3, 0.4) is 0 Å². The lowest BCUT2D eigenvalue weighted by Gasteiger charge is -2.22. The number of sulfonamides is 1. The zero-order valence-corrected chi connectivity index (χ0v) is 17.0. The van der Waals surface area contributed by atoms with Crippen molar-refractivity contribution < 1.29 is 17.9 Å². The van der Waals surface area contributed by atoms with Crippen molar-refractivity contribution in [1.82, 2.24) is 14.5 Å². The molecule has 1 fully saturated rings. The fourth-order valence-electron chi connectivity index (χ4n) is 4.13. The summed E-state index contributed by atoms with van der Waals surface area (Å²) in [6, 6.07) is 7.98. The van der Waals surface area contributed by atoms with E-state index in [1.165, 1.54) is 6.07 Å². The van der Waals surface area contributed by atoms with Gasteiger partial charge in [-0.15, -0.1) is 0 Å². The topological polar surface area (TPSA) is 112 Å². The van der Waals surface area contributed by atoms with Crippen LogP contribution in [0.25, 0.3) is 22.0 Å². The number of aromatic amines is 1. The number of aryl methyl sites for hydroxylation is 2. The minimum Gasteiger partial charge on any atom is -0.395 e. The smallest absolute Gasteiger partial charge is 0.243 e. The Labute approximate surface area is 168 Å². The number of nitrogens with zero attached hydrogens (tertiary/aromatic N) is 2. The minimum atomic E-state index is -3.90. The lowest BCUT2D eigenvalue weighted by Crippen LogP contribution is -2.37. The van der Waals surface area contributed by atoms with E-state index in [9.17, 15) is 17.9 Å². The molecule has 2 aromatic carbocycles. The van der Waals surface area contributed by atoms with Gasteiger partial charge in [0.25, 0.3) is 0 Å². The molecule has 2 heterocycles. The van der Waals surface area contributed by atoms with E-state index in [0.717, 1.165) is 37.5 Å². The molecule has 1 aromatic heterocycles. The van der Waals surface area contributed by atoms with Crippen LogP contribution in [0.5, 0.6) is 0 Å². The number of fused-ring (bicyclic) bond motifs is 1. The third kappa shape index (κ3) is 3.19. The maximum Gasteiger partial charge on any atom is 0.243 e. The molecule has 0 radical (unpaired) electrons. The van der Waals surface area contributed by atoms with Gasteiger partial charge in [0.1, 0.15) is 6.17 Å². The molecule has 4 rings (SSSR count). The second kappa shape index (κ2) is 7.08. The number of halogens is 1. The van der Waals surface area contributed by atoms with Crippen molar-refractivity contribution in [2.45, 2.75) is 37.4 Å². The van der Waals surface area contributed by atoms with Crippen LogP contribution in [0.2, 0.25) is 0 Å². The Hall–Kier alpha value is -2.49. The number of hydrogen-bond acceptors (Lipinski definition) is 5. The number of nitrogen functional groups attached to an aromatic ring is 1. The van der Waals surface area contributed by atoms with Gasteiger partial charge in [-0.3, -0.25) is 5.10 Å². The number of alkyl halides is 1. The molecule has 154 valence electrons. The van der Waals surface area contributed by atoms with E-state index in [2.05, 4.69) is 10.2 Å². The summed E-state index contributed by atoms with van der Waals surface area (Å²) in [4.78, 5) is 0.0906. The highest BCUT2D eigenvalue weighted by Crippen LogP contribution is 2.35. The van der Waals surface area contributed by atoms with Gasteiger partial charge < -0.3 is 10.8 Å². The highest BCUT2D eigenvalue weighted by atomic mass is 32.2. The number of benzene rings is 2. The van der Waals surface area contributed by atoms with Gasteiger partial charge in [-0.2, -0.15) is 9.40 Å². The lowest BCUT2D eigenvalue weighted by atomic mass is 9.94. The summed E-state index contributed by atoms with van der Waals surface area (Å²) in [5.41, 5.74) is 10.3. The van der Waals surface area contributed by atoms with Crippen LogP contribution in [-0.2, 0) is 10.0 Å². The highest BCUT2D eigenvalue weighted by Gasteiger charge is 2.40. The summed E-state index contributed by atoms with van der Waals surface area (Å²) in [5, 5.41) is 17.2. The molecule has 0 amide bonds. The van der Waals surface area contributed by atoms with E-state index < -0.39 is 28.8 Å². The molecule has 0 bridgehead atoms. The lowest BCUT2D eigenvalue weighted by molar-refractivity contribution is 0.213. The summed E-state index contributed by atoms with van der Waals surface area (Å²) >= 11 is 0. The number of nitrogens with one attached hydrogen (secondary N) is 1. The first-order valence-corrected chi connectivity index (χ1v) is 10.8. The van der Waals surface area contributed by atoms with Gasteiger partial charge >= 0.3 is 0 Å². The molecule has 1 saturated heterocycles. The van der Waals surface area contributed by atoms with Crippen molar-refractivity contribution in [2.24, 2.45) is 0 Å². The number of nitrogens with two attached hydrogens (primary N) is 1. The molecular weight excluding hydrogens is 395 g/mol. The molecule has 9 heteroatoms. The second-order valence-corrected chi connectivity index (χ2v) is 9.38. The van der Waals surface area contributed by atoms with E-state index in [1.54, 1.807) is 12.1 Å². The number of H-pyrrole nitrogens is 1. The molecule has 7 nitrogen and oxygen atoms in total. The number of hydrogen-bond donors (Lipinski definition) is 3. The van der Waals surface area contributed by atoms with Gasteiger partial charge in [0.05, 0.1) is 23.1 Å². The number of aliphatic hydroxyl groups excluding tert-OH is 1. The van der Waals surface area contributed by atoms with E-state index >= 15 is 0 Å². The van der Waals surface area contributed by atoms with Crippen molar-refractivity contribution in [3.8, 4) is 11.1 Å². The normalized spacial score (nSPS) is 20.6. The van der Waals surface area contributed by atoms with Crippen LogP contribution in [0.15, 0.2) is 35.2 Å². The molecule has 0 unspecified atom stereocenters. The highest BCUT2D eigenvalue weighted by molar-refractivity contribution is 7.89. The van der Waals surface area contributed by atoms with E-state index in [4.69, 9.17) is 5.73 Å². The summed E-state index contributed by atoms with van der Waals surface area (Å²) in [7, 11) is -3.90. The van der Waals surface area contributed by atoms with Gasteiger partial charge in [0.2, 0.25) is 10.0 Å². The third-order valence-electron chi connectivity index (χ3n) is 5.64. The Morgan fingerprint density at radius 2 is 2.00 bits per heavy atom. The van der Waals surface area contributed by atoms with Crippen molar-refractivity contribution in [1.29, 1.82) is 0 Å². The SMILES string of the molecule is Cc1cc(S(=O)(=O)N2C[C@H](F)C[C@H]2CO)ccc1-c1ccc2[nH]nc(N)c2c1C. The predicted octanol–water partition coefficient (Wildman–Crippen LogP) is 2.52. The van der Waals surface area contributed by atoms with Gasteiger partial charge in [0, 0.05) is 11.9 Å². The fraction of sp³-hybridized carbons (Fsp3) is 0.350. The van der Waals surface area contributed by atoms with Gasteiger partial charge in [0.15, 0.2) is 5.82 Å². The van der Waals surface area contributed by atoms with E-state index in [0.29, 0.717) is 5.82 Å². The van der Waals surface area contributed by atoms with Crippen LogP contribution in [0.1, 0.15) is 17.5 Å². The molecule has 1 aliphatic heterocycles. The van der Waals surface area contributed by atoms with Crippen molar-refractivity contribution in [2.75, 3.05) is 18.9 Å². The molecule has 2 atom stereocenters. The summed E-state index contributed by atoms with van der Waals surface area (Å²) < 4.78 is 40.9. The number of aromatic nitrogens is 2. The van der Waals surface area contributed by atoms with Gasteiger partial charge in [-0.25, -0.2) is 12.8 Å². The van der Waals surface area contributed by atoms with Crippen LogP contribution in [-0.4, -0.2) is 53.4 Å². The molecular formula is C20H23FN4O3S. The van der Waals surface area contributed by atoms with Gasteiger partial charge in [-0.05, 0) is 60.7 Å². The maximum absolute atomic E-state index is 13.8. The first-order valence-electron chi connectivity index (χ1n) is 9.35. The van der Waals surface area contributed by atoms with E-state index in [-0.39, 0.29) is 17.9 Å². The van der Waals surface area contributed by atoms with Crippen molar-refractivity contribution >= 4 is 26.7 Å². The average Bonchev–Trinajstić information content (AvgIpc) is 3.26. The first kappa shape index (κ1) is 19.8. The molecule has 3 aromatic rings. The molecule has 4 N–H and O–H groups in total. The maximum atomic E-state index is 13.8. The largest absolute Gasteiger partial charge is 0.395 e. The predicted molar refractivity (Wildman–Crippen MR) is 110 cm³/mol. The molecule has 1 aliphatic rings. The Bertz CT molecular complexity index is 1190. The standard InChI is InChI=1S/C20H23FN4O3S/c1-11-7-15(29(27,28)25-9-13(21)8-14(25)10-26)3-4-16(11)17-5-6-18-19(12(17)2)20(22)24-23-18/h3-7,13-14,26H,8-10H2,1-2H3,(H3,22,23,24)/t13-,14+/m1/s1. The van der Waals surface area contributed by atoms with Crippen LogP contribution < -0.4 is 5.73 Å². The number of rotatable bonds is 4. The molecule has 0 aliphatic carbocycles. The zero-order valence-electron chi connectivity index (χ0n) is 16.2. The molecule has 29 heavy (non-hydrogen) atoms. The van der Waals surface area contributed by atoms with E-state index in [1.807, 2.05) is 26.0 Å². The molecule has 0 spiro atoms. The summed E-state index contributed by atoms with van der Waals surface area (Å²) in [5.74, 6) is 0.418.